The van der Waals surface area contributed by atoms with E-state index in [0.717, 1.165) is 25.1 Å². The topological polar surface area (TPSA) is 50.4 Å². The molecule has 1 saturated heterocycles. The molecule has 0 bridgehead atoms. The fraction of sp³-hybridized carbons (Fsp3) is 0.588. The van der Waals surface area contributed by atoms with Gasteiger partial charge < -0.3 is 15.4 Å². The zero-order valence-corrected chi connectivity index (χ0v) is 13.2. The molecule has 1 aliphatic rings. The highest BCUT2D eigenvalue weighted by atomic mass is 16.6. The van der Waals surface area contributed by atoms with Crippen LogP contribution in [0.2, 0.25) is 0 Å². The third-order valence-electron chi connectivity index (χ3n) is 3.47. The summed E-state index contributed by atoms with van der Waals surface area (Å²) in [5.74, 6) is -0.168. The van der Waals surface area contributed by atoms with Gasteiger partial charge in [-0.05, 0) is 45.7 Å². The van der Waals surface area contributed by atoms with Crippen LogP contribution in [0.4, 0.5) is 0 Å². The van der Waals surface area contributed by atoms with Crippen LogP contribution in [0, 0.1) is 0 Å². The van der Waals surface area contributed by atoms with Crippen LogP contribution in [-0.2, 0) is 16.0 Å². The van der Waals surface area contributed by atoms with E-state index in [0.29, 0.717) is 12.5 Å². The Bertz CT molecular complexity index is 448. The number of carbonyl (C=O) groups excluding carboxylic acids is 1. The second kappa shape index (κ2) is 7.05. The maximum Gasteiger partial charge on any atom is 0.324 e. The van der Waals surface area contributed by atoms with Gasteiger partial charge in [-0.3, -0.25) is 4.79 Å². The molecule has 21 heavy (non-hydrogen) atoms. The molecule has 4 heteroatoms. The highest BCUT2D eigenvalue weighted by molar-refractivity contribution is 5.76. The van der Waals surface area contributed by atoms with Crippen molar-refractivity contribution in [2.75, 3.05) is 13.1 Å². The summed E-state index contributed by atoms with van der Waals surface area (Å²) in [6.45, 7) is 7.63. The van der Waals surface area contributed by atoms with Gasteiger partial charge in [-0.1, -0.05) is 30.3 Å². The summed E-state index contributed by atoms with van der Waals surface area (Å²) >= 11 is 0. The third kappa shape index (κ3) is 5.48. The van der Waals surface area contributed by atoms with Gasteiger partial charge in [-0.15, -0.1) is 0 Å². The van der Waals surface area contributed by atoms with Gasteiger partial charge in [0.25, 0.3) is 0 Å². The van der Waals surface area contributed by atoms with E-state index in [1.54, 1.807) is 0 Å². The summed E-state index contributed by atoms with van der Waals surface area (Å²) < 4.78 is 5.56. The average molecular weight is 290 g/mol. The van der Waals surface area contributed by atoms with Crippen LogP contribution in [0.1, 0.15) is 32.8 Å². The lowest BCUT2D eigenvalue weighted by molar-refractivity contribution is -0.157. The second-order valence-corrected chi connectivity index (χ2v) is 6.63. The predicted molar refractivity (Wildman–Crippen MR) is 84.2 cm³/mol. The van der Waals surface area contributed by atoms with Gasteiger partial charge in [0, 0.05) is 12.6 Å². The monoisotopic (exact) mass is 290 g/mol. The van der Waals surface area contributed by atoms with Crippen molar-refractivity contribution in [1.29, 1.82) is 0 Å². The van der Waals surface area contributed by atoms with E-state index in [2.05, 4.69) is 10.6 Å². The standard InChI is InChI=1S/C17H26N2O2/c1-17(2,3)21-16(20)15(19-14-9-10-18-12-14)11-13-7-5-4-6-8-13/h4-8,14-15,18-19H,9-12H2,1-3H3/t14-,15?/m0/s1. The molecule has 0 radical (unpaired) electrons. The Morgan fingerprint density at radius 3 is 2.67 bits per heavy atom. The van der Waals surface area contributed by atoms with E-state index in [9.17, 15) is 4.79 Å². The first-order valence-electron chi connectivity index (χ1n) is 7.67. The minimum absolute atomic E-state index is 0.168. The van der Waals surface area contributed by atoms with Gasteiger partial charge in [-0.25, -0.2) is 0 Å². The molecule has 1 aromatic rings. The molecule has 0 spiro atoms. The highest BCUT2D eigenvalue weighted by Gasteiger charge is 2.28. The van der Waals surface area contributed by atoms with Crippen LogP contribution >= 0.6 is 0 Å². The van der Waals surface area contributed by atoms with Crippen molar-refractivity contribution in [3.63, 3.8) is 0 Å². The van der Waals surface area contributed by atoms with Gasteiger partial charge in [-0.2, -0.15) is 0 Å². The Morgan fingerprint density at radius 1 is 1.38 bits per heavy atom. The number of hydrogen-bond donors (Lipinski definition) is 2. The lowest BCUT2D eigenvalue weighted by Crippen LogP contribution is -2.48. The molecule has 0 amide bonds. The quantitative estimate of drug-likeness (QED) is 0.813. The van der Waals surface area contributed by atoms with E-state index in [1.807, 2.05) is 51.1 Å². The fourth-order valence-corrected chi connectivity index (χ4v) is 2.51. The summed E-state index contributed by atoms with van der Waals surface area (Å²) in [5, 5.41) is 6.76. The van der Waals surface area contributed by atoms with Crippen LogP contribution in [0.5, 0.6) is 0 Å². The number of carbonyl (C=O) groups is 1. The lowest BCUT2D eigenvalue weighted by Gasteiger charge is -2.26. The Hall–Kier alpha value is -1.39. The Labute approximate surface area is 127 Å². The maximum atomic E-state index is 12.4. The number of rotatable bonds is 5. The molecule has 1 fully saturated rings. The summed E-state index contributed by atoms with van der Waals surface area (Å²) in [6.07, 6.45) is 1.71. The number of esters is 1. The molecule has 1 aliphatic heterocycles. The molecule has 0 aliphatic carbocycles. The van der Waals surface area contributed by atoms with E-state index < -0.39 is 5.60 Å². The van der Waals surface area contributed by atoms with Crippen molar-refractivity contribution in [2.45, 2.75) is 51.3 Å². The van der Waals surface area contributed by atoms with Crippen molar-refractivity contribution in [3.8, 4) is 0 Å². The van der Waals surface area contributed by atoms with Gasteiger partial charge in [0.1, 0.15) is 11.6 Å². The Balaban J connectivity index is 2.03. The van der Waals surface area contributed by atoms with Crippen LogP contribution in [0.25, 0.3) is 0 Å². The number of hydrogen-bond acceptors (Lipinski definition) is 4. The molecule has 1 aromatic carbocycles. The molecule has 2 rings (SSSR count). The second-order valence-electron chi connectivity index (χ2n) is 6.63. The third-order valence-corrected chi connectivity index (χ3v) is 3.47. The first-order chi connectivity index (χ1) is 9.94. The van der Waals surface area contributed by atoms with Crippen molar-refractivity contribution < 1.29 is 9.53 Å². The van der Waals surface area contributed by atoms with Crippen LogP contribution in [0.15, 0.2) is 30.3 Å². The van der Waals surface area contributed by atoms with Crippen molar-refractivity contribution in [3.05, 3.63) is 35.9 Å². The summed E-state index contributed by atoms with van der Waals surface area (Å²) in [7, 11) is 0. The van der Waals surface area contributed by atoms with Gasteiger partial charge in [0.2, 0.25) is 0 Å². The fourth-order valence-electron chi connectivity index (χ4n) is 2.51. The minimum atomic E-state index is -0.457. The van der Waals surface area contributed by atoms with Crippen molar-refractivity contribution in [1.82, 2.24) is 10.6 Å². The molecule has 0 saturated carbocycles. The summed E-state index contributed by atoms with van der Waals surface area (Å²) in [4.78, 5) is 12.4. The number of ether oxygens (including phenoxy) is 1. The normalized spacial score (nSPS) is 20.2. The molecular weight excluding hydrogens is 264 g/mol. The van der Waals surface area contributed by atoms with E-state index >= 15 is 0 Å². The summed E-state index contributed by atoms with van der Waals surface area (Å²) in [5.41, 5.74) is 0.688. The first kappa shape index (κ1) is 16.0. The highest BCUT2D eigenvalue weighted by Crippen LogP contribution is 2.13. The molecule has 116 valence electrons. The van der Waals surface area contributed by atoms with Crippen molar-refractivity contribution >= 4 is 5.97 Å². The Kier molecular flexibility index (Phi) is 5.37. The summed E-state index contributed by atoms with van der Waals surface area (Å²) in [6, 6.07) is 10.1. The first-order valence-corrected chi connectivity index (χ1v) is 7.67. The SMILES string of the molecule is CC(C)(C)OC(=O)C(Cc1ccccc1)N[C@H]1CCNC1. The molecule has 2 N–H and O–H groups in total. The molecule has 1 heterocycles. The van der Waals surface area contributed by atoms with Crippen molar-refractivity contribution in [2.24, 2.45) is 0 Å². The smallest absolute Gasteiger partial charge is 0.324 e. The average Bonchev–Trinajstić information content (AvgIpc) is 2.90. The van der Waals surface area contributed by atoms with E-state index in [-0.39, 0.29) is 12.0 Å². The maximum absolute atomic E-state index is 12.4. The van der Waals surface area contributed by atoms with Gasteiger partial charge >= 0.3 is 5.97 Å². The van der Waals surface area contributed by atoms with Crippen LogP contribution in [0.3, 0.4) is 0 Å². The Morgan fingerprint density at radius 2 is 2.10 bits per heavy atom. The van der Waals surface area contributed by atoms with Gasteiger partial charge in [0.15, 0.2) is 0 Å². The molecule has 1 unspecified atom stereocenters. The largest absolute Gasteiger partial charge is 0.459 e. The predicted octanol–water partition coefficient (Wildman–Crippen LogP) is 1.89. The van der Waals surface area contributed by atoms with E-state index in [4.69, 9.17) is 4.74 Å². The number of nitrogens with one attached hydrogen (secondary N) is 2. The molecule has 2 atom stereocenters. The van der Waals surface area contributed by atoms with Crippen LogP contribution in [-0.4, -0.2) is 36.7 Å². The van der Waals surface area contributed by atoms with E-state index in [1.165, 1.54) is 0 Å². The molecular formula is C17H26N2O2. The lowest BCUT2D eigenvalue weighted by atomic mass is 10.0. The zero-order chi connectivity index (χ0) is 15.3. The van der Waals surface area contributed by atoms with Gasteiger partial charge in [0.05, 0.1) is 0 Å². The number of benzene rings is 1. The zero-order valence-electron chi connectivity index (χ0n) is 13.2. The molecule has 4 nitrogen and oxygen atoms in total. The molecule has 0 aromatic heterocycles. The van der Waals surface area contributed by atoms with Crippen LogP contribution < -0.4 is 10.6 Å². The minimum Gasteiger partial charge on any atom is -0.459 e.